The van der Waals surface area contributed by atoms with Crippen molar-refractivity contribution in [2.75, 3.05) is 6.61 Å². The maximum absolute atomic E-state index is 13.4. The predicted molar refractivity (Wildman–Crippen MR) is 94.0 cm³/mol. The van der Waals surface area contributed by atoms with Crippen LogP contribution in [0.25, 0.3) is 0 Å². The second-order valence-corrected chi connectivity index (χ2v) is 8.81. The quantitative estimate of drug-likeness (QED) is 0.679. The van der Waals surface area contributed by atoms with Crippen LogP contribution in [0.2, 0.25) is 0 Å². The van der Waals surface area contributed by atoms with Gasteiger partial charge in [0.1, 0.15) is 6.10 Å². The fourth-order valence-electron chi connectivity index (χ4n) is 4.96. The van der Waals surface area contributed by atoms with Crippen molar-refractivity contribution in [2.45, 2.75) is 65.0 Å². The van der Waals surface area contributed by atoms with E-state index >= 15 is 0 Å². The first-order valence-corrected chi connectivity index (χ1v) is 9.55. The average Bonchev–Trinajstić information content (AvgIpc) is 2.82. The van der Waals surface area contributed by atoms with E-state index in [1.807, 2.05) is 20.8 Å². The molecule has 3 rings (SSSR count). The molecule has 0 saturated carbocycles. The number of ketones is 2. The van der Waals surface area contributed by atoms with E-state index in [9.17, 15) is 24.9 Å². The van der Waals surface area contributed by atoms with Crippen molar-refractivity contribution in [1.82, 2.24) is 0 Å². The van der Waals surface area contributed by atoms with E-state index in [1.165, 1.54) is 6.08 Å². The summed E-state index contributed by atoms with van der Waals surface area (Å²) in [5, 5.41) is 31.7. The Balaban J connectivity index is 2.13. The van der Waals surface area contributed by atoms with Crippen LogP contribution >= 0.6 is 0 Å². The largest absolute Gasteiger partial charge is 0.396 e. The maximum atomic E-state index is 13.4. The molecule has 0 amide bonds. The molecule has 2 bridgehead atoms. The summed E-state index contributed by atoms with van der Waals surface area (Å²) < 4.78 is 5.81. The summed E-state index contributed by atoms with van der Waals surface area (Å²) in [6.45, 7) is 7.04. The molecular formula is C20H30O6. The zero-order valence-corrected chi connectivity index (χ0v) is 15.9. The molecule has 0 aromatic heterocycles. The third-order valence-corrected chi connectivity index (χ3v) is 6.98. The van der Waals surface area contributed by atoms with Gasteiger partial charge in [-0.3, -0.25) is 9.59 Å². The highest BCUT2D eigenvalue weighted by Crippen LogP contribution is 2.59. The van der Waals surface area contributed by atoms with Crippen LogP contribution in [0.1, 0.15) is 47.0 Å². The van der Waals surface area contributed by atoms with E-state index in [1.54, 1.807) is 6.92 Å². The Kier molecular flexibility index (Phi) is 4.93. The van der Waals surface area contributed by atoms with Crippen molar-refractivity contribution in [1.29, 1.82) is 0 Å². The molecule has 7 atom stereocenters. The molecule has 0 aromatic carbocycles. The molecule has 3 N–H and O–H groups in total. The second kappa shape index (κ2) is 6.51. The van der Waals surface area contributed by atoms with Crippen molar-refractivity contribution in [3.63, 3.8) is 0 Å². The number of aliphatic hydroxyl groups is 3. The molecule has 0 spiro atoms. The zero-order valence-electron chi connectivity index (χ0n) is 15.9. The van der Waals surface area contributed by atoms with E-state index in [4.69, 9.17) is 4.74 Å². The molecule has 26 heavy (non-hydrogen) atoms. The lowest BCUT2D eigenvalue weighted by Crippen LogP contribution is -2.61. The molecule has 3 aliphatic rings. The lowest BCUT2D eigenvalue weighted by Gasteiger charge is -2.51. The summed E-state index contributed by atoms with van der Waals surface area (Å²) >= 11 is 0. The van der Waals surface area contributed by atoms with Crippen LogP contribution in [0.4, 0.5) is 0 Å². The molecule has 2 aliphatic heterocycles. The van der Waals surface area contributed by atoms with Crippen LogP contribution in [0.15, 0.2) is 11.6 Å². The Hall–Kier alpha value is -1.08. The van der Waals surface area contributed by atoms with Crippen LogP contribution in [0.3, 0.4) is 0 Å². The minimum absolute atomic E-state index is 0.0730. The molecule has 0 radical (unpaired) electrons. The van der Waals surface area contributed by atoms with Gasteiger partial charge in [0.05, 0.1) is 12.7 Å². The lowest BCUT2D eigenvalue weighted by atomic mass is 9.62. The van der Waals surface area contributed by atoms with Gasteiger partial charge in [0.25, 0.3) is 0 Å². The molecule has 2 fully saturated rings. The number of fused-ring (bicyclic) bond motifs is 4. The fourth-order valence-corrected chi connectivity index (χ4v) is 4.96. The van der Waals surface area contributed by atoms with Gasteiger partial charge in [0.2, 0.25) is 0 Å². The van der Waals surface area contributed by atoms with Crippen LogP contribution in [-0.4, -0.2) is 51.5 Å². The van der Waals surface area contributed by atoms with Gasteiger partial charge >= 0.3 is 0 Å². The summed E-state index contributed by atoms with van der Waals surface area (Å²) in [4.78, 5) is 25.9. The average molecular weight is 366 g/mol. The first-order valence-electron chi connectivity index (χ1n) is 9.55. The molecule has 6 nitrogen and oxygen atoms in total. The van der Waals surface area contributed by atoms with Crippen molar-refractivity contribution < 1.29 is 29.6 Å². The van der Waals surface area contributed by atoms with Gasteiger partial charge in [0, 0.05) is 28.7 Å². The summed E-state index contributed by atoms with van der Waals surface area (Å²) in [6.07, 6.45) is 0.835. The standard InChI is InChI=1S/C20H30O6/c1-10(2)12-7-15(22)11(3)5-6-19(4)14(17(12)23)8-16-13(9-21)18(24)20(19,25)26-16/h7,10-11,13-14,16,18,21,24-25H,5-6,8-9H2,1-4H3/t11-,13+,14-,16-,18-,19-,20-/m1/s1. The Bertz CT molecular complexity index is 640. The minimum atomic E-state index is -1.90. The molecule has 0 aromatic rings. The number of allylic oxidation sites excluding steroid dienone is 2. The Labute approximate surface area is 154 Å². The third kappa shape index (κ3) is 2.61. The number of Topliss-reactive ketones (excluding diaryl/α,β-unsaturated/α-hetero) is 1. The van der Waals surface area contributed by atoms with E-state index < -0.39 is 35.2 Å². The number of carbonyl (C=O) groups is 2. The first-order chi connectivity index (χ1) is 12.1. The molecule has 146 valence electrons. The summed E-state index contributed by atoms with van der Waals surface area (Å²) in [6, 6.07) is 0. The third-order valence-electron chi connectivity index (χ3n) is 6.98. The van der Waals surface area contributed by atoms with Gasteiger partial charge in [-0.15, -0.1) is 0 Å². The van der Waals surface area contributed by atoms with E-state index in [2.05, 4.69) is 0 Å². The fraction of sp³-hybridized carbons (Fsp3) is 0.800. The van der Waals surface area contributed by atoms with Gasteiger partial charge in [-0.1, -0.05) is 27.7 Å². The molecule has 6 heteroatoms. The number of carbonyl (C=O) groups excluding carboxylic acids is 2. The van der Waals surface area contributed by atoms with Crippen molar-refractivity contribution in [3.8, 4) is 0 Å². The summed E-state index contributed by atoms with van der Waals surface area (Å²) in [5.41, 5.74) is -0.559. The van der Waals surface area contributed by atoms with Crippen LogP contribution in [0, 0.1) is 29.1 Å². The normalized spacial score (nSPS) is 46.5. The number of aliphatic hydroxyl groups excluding tert-OH is 2. The highest BCUT2D eigenvalue weighted by atomic mass is 16.7. The van der Waals surface area contributed by atoms with Gasteiger partial charge in [-0.05, 0) is 31.3 Å². The predicted octanol–water partition coefficient (Wildman–Crippen LogP) is 1.22. The van der Waals surface area contributed by atoms with E-state index in [0.717, 1.165) is 0 Å². The van der Waals surface area contributed by atoms with Crippen LogP contribution < -0.4 is 0 Å². The second-order valence-electron chi connectivity index (χ2n) is 8.81. The Morgan fingerprint density at radius 2 is 2.00 bits per heavy atom. The minimum Gasteiger partial charge on any atom is -0.396 e. The number of ether oxygens (including phenoxy) is 1. The molecule has 0 unspecified atom stereocenters. The number of rotatable bonds is 2. The SMILES string of the molecule is CC(C)C1=CC(=O)[C@H](C)CC[C@]2(C)[C@H](C[C@H]3O[C@]2(O)[C@H](O)[C@H]3CO)C1=O. The van der Waals surface area contributed by atoms with E-state index in [0.29, 0.717) is 24.8 Å². The molecule has 2 saturated heterocycles. The van der Waals surface area contributed by atoms with Gasteiger partial charge in [-0.25, -0.2) is 0 Å². The zero-order chi connectivity index (χ0) is 19.4. The highest BCUT2D eigenvalue weighted by molar-refractivity contribution is 6.05. The summed E-state index contributed by atoms with van der Waals surface area (Å²) in [5.74, 6) is -3.71. The van der Waals surface area contributed by atoms with Crippen LogP contribution in [-0.2, 0) is 14.3 Å². The lowest BCUT2D eigenvalue weighted by molar-refractivity contribution is -0.322. The van der Waals surface area contributed by atoms with E-state index in [-0.39, 0.29) is 30.0 Å². The number of hydrogen-bond donors (Lipinski definition) is 3. The smallest absolute Gasteiger partial charge is 0.198 e. The van der Waals surface area contributed by atoms with Gasteiger partial charge < -0.3 is 20.1 Å². The highest BCUT2D eigenvalue weighted by Gasteiger charge is 2.69. The van der Waals surface area contributed by atoms with Gasteiger partial charge in [-0.2, -0.15) is 0 Å². The van der Waals surface area contributed by atoms with Crippen molar-refractivity contribution >= 4 is 11.6 Å². The monoisotopic (exact) mass is 366 g/mol. The van der Waals surface area contributed by atoms with Crippen molar-refractivity contribution in [2.24, 2.45) is 29.1 Å². The van der Waals surface area contributed by atoms with Crippen molar-refractivity contribution in [3.05, 3.63) is 11.6 Å². The Morgan fingerprint density at radius 3 is 2.58 bits per heavy atom. The molecular weight excluding hydrogens is 336 g/mol. The molecule has 1 aliphatic carbocycles. The molecule has 2 heterocycles. The summed E-state index contributed by atoms with van der Waals surface area (Å²) in [7, 11) is 0. The first kappa shape index (κ1) is 19.7. The maximum Gasteiger partial charge on any atom is 0.198 e. The topological polar surface area (TPSA) is 104 Å². The number of hydrogen-bond acceptors (Lipinski definition) is 6. The van der Waals surface area contributed by atoms with Gasteiger partial charge in [0.15, 0.2) is 17.4 Å². The Morgan fingerprint density at radius 1 is 1.35 bits per heavy atom. The van der Waals surface area contributed by atoms with Crippen LogP contribution in [0.5, 0.6) is 0 Å².